The standard InChI is InChI=1S/C12H21NOS/c1-14-10-6-12(8-15)5-9-3-2-4-11(9)13(12)7-10/h9-11,15H,2-8H2,1H3. The highest BCUT2D eigenvalue weighted by Crippen LogP contribution is 2.51. The molecular weight excluding hydrogens is 206 g/mol. The summed E-state index contributed by atoms with van der Waals surface area (Å²) in [6.45, 7) is 1.15. The van der Waals surface area contributed by atoms with Gasteiger partial charge < -0.3 is 4.74 Å². The molecule has 1 aliphatic carbocycles. The average molecular weight is 227 g/mol. The Bertz CT molecular complexity index is 260. The minimum absolute atomic E-state index is 0.388. The van der Waals surface area contributed by atoms with E-state index in [4.69, 9.17) is 4.74 Å². The maximum atomic E-state index is 5.55. The molecule has 3 rings (SSSR count). The van der Waals surface area contributed by atoms with Gasteiger partial charge in [0.25, 0.3) is 0 Å². The van der Waals surface area contributed by atoms with E-state index in [0.717, 1.165) is 24.3 Å². The molecule has 2 nitrogen and oxygen atoms in total. The molecule has 0 radical (unpaired) electrons. The second kappa shape index (κ2) is 3.64. The molecular formula is C12H21NOS. The second-order valence-corrected chi connectivity index (χ2v) is 5.88. The summed E-state index contributed by atoms with van der Waals surface area (Å²) in [6, 6.07) is 0.859. The summed E-state index contributed by atoms with van der Waals surface area (Å²) in [5.41, 5.74) is 0.388. The Morgan fingerprint density at radius 1 is 1.40 bits per heavy atom. The summed E-state index contributed by atoms with van der Waals surface area (Å²) in [4.78, 5) is 2.74. The van der Waals surface area contributed by atoms with Crippen molar-refractivity contribution in [3.05, 3.63) is 0 Å². The molecule has 2 aliphatic heterocycles. The molecule has 0 aromatic heterocycles. The lowest BCUT2D eigenvalue weighted by Gasteiger charge is -2.33. The first-order chi connectivity index (χ1) is 7.29. The lowest BCUT2D eigenvalue weighted by Crippen LogP contribution is -2.43. The molecule has 2 heterocycles. The molecule has 0 bridgehead atoms. The van der Waals surface area contributed by atoms with Gasteiger partial charge in [0.15, 0.2) is 0 Å². The Morgan fingerprint density at radius 3 is 3.00 bits per heavy atom. The first-order valence-electron chi connectivity index (χ1n) is 6.19. The molecule has 1 saturated carbocycles. The van der Waals surface area contributed by atoms with Crippen molar-refractivity contribution in [3.8, 4) is 0 Å². The van der Waals surface area contributed by atoms with E-state index in [1.54, 1.807) is 0 Å². The number of fused-ring (bicyclic) bond motifs is 3. The fourth-order valence-corrected chi connectivity index (χ4v) is 4.68. The Kier molecular flexibility index (Phi) is 2.53. The Morgan fingerprint density at radius 2 is 2.27 bits per heavy atom. The van der Waals surface area contributed by atoms with Gasteiger partial charge in [-0.2, -0.15) is 12.6 Å². The van der Waals surface area contributed by atoms with Crippen LogP contribution in [0, 0.1) is 5.92 Å². The lowest BCUT2D eigenvalue weighted by atomic mass is 9.90. The molecule has 4 unspecified atom stereocenters. The SMILES string of the molecule is COC1CN2C3CCCC3CC2(CS)C1. The van der Waals surface area contributed by atoms with Crippen molar-refractivity contribution in [2.45, 2.75) is 49.8 Å². The van der Waals surface area contributed by atoms with E-state index in [-0.39, 0.29) is 0 Å². The summed E-state index contributed by atoms with van der Waals surface area (Å²) in [6.07, 6.45) is 7.34. The molecule has 2 saturated heterocycles. The topological polar surface area (TPSA) is 12.5 Å². The molecule has 3 fully saturated rings. The van der Waals surface area contributed by atoms with Crippen LogP contribution in [-0.2, 0) is 4.74 Å². The van der Waals surface area contributed by atoms with Gasteiger partial charge in [0.05, 0.1) is 6.10 Å². The normalized spacial score (nSPS) is 49.6. The van der Waals surface area contributed by atoms with Crippen LogP contribution >= 0.6 is 12.6 Å². The zero-order chi connectivity index (χ0) is 10.5. The third-order valence-electron chi connectivity index (χ3n) is 4.91. The van der Waals surface area contributed by atoms with Crippen molar-refractivity contribution < 1.29 is 4.74 Å². The Balaban J connectivity index is 1.84. The van der Waals surface area contributed by atoms with Gasteiger partial charge in [-0.1, -0.05) is 6.42 Å². The molecule has 0 aromatic rings. The highest BCUT2D eigenvalue weighted by atomic mass is 32.1. The molecule has 0 aromatic carbocycles. The van der Waals surface area contributed by atoms with Crippen LogP contribution in [0.2, 0.25) is 0 Å². The van der Waals surface area contributed by atoms with Crippen LogP contribution in [0.4, 0.5) is 0 Å². The predicted octanol–water partition coefficient (Wildman–Crippen LogP) is 1.95. The van der Waals surface area contributed by atoms with Crippen LogP contribution in [0.1, 0.15) is 32.1 Å². The van der Waals surface area contributed by atoms with Gasteiger partial charge in [-0.25, -0.2) is 0 Å². The van der Waals surface area contributed by atoms with E-state index in [1.807, 2.05) is 7.11 Å². The zero-order valence-electron chi connectivity index (χ0n) is 9.48. The van der Waals surface area contributed by atoms with Gasteiger partial charge in [-0.3, -0.25) is 4.90 Å². The molecule has 0 amide bonds. The first kappa shape index (κ1) is 10.4. The molecule has 3 aliphatic rings. The minimum Gasteiger partial charge on any atom is -0.380 e. The Labute approximate surface area is 97.8 Å². The van der Waals surface area contributed by atoms with Crippen molar-refractivity contribution >= 4 is 12.6 Å². The molecule has 15 heavy (non-hydrogen) atoms. The van der Waals surface area contributed by atoms with Gasteiger partial charge in [0.2, 0.25) is 0 Å². The van der Waals surface area contributed by atoms with Gasteiger partial charge in [-0.15, -0.1) is 0 Å². The number of nitrogens with zero attached hydrogens (tertiary/aromatic N) is 1. The highest BCUT2D eigenvalue weighted by Gasteiger charge is 2.56. The van der Waals surface area contributed by atoms with Crippen molar-refractivity contribution in [1.29, 1.82) is 0 Å². The molecule has 0 N–H and O–H groups in total. The van der Waals surface area contributed by atoms with Crippen LogP contribution < -0.4 is 0 Å². The van der Waals surface area contributed by atoms with E-state index >= 15 is 0 Å². The van der Waals surface area contributed by atoms with E-state index in [1.165, 1.54) is 32.1 Å². The molecule has 0 spiro atoms. The number of ether oxygens (including phenoxy) is 1. The fourth-order valence-electron chi connectivity index (χ4n) is 4.24. The third-order valence-corrected chi connectivity index (χ3v) is 5.49. The first-order valence-corrected chi connectivity index (χ1v) is 6.83. The highest BCUT2D eigenvalue weighted by molar-refractivity contribution is 7.80. The second-order valence-electron chi connectivity index (χ2n) is 5.56. The average Bonchev–Trinajstić information content (AvgIpc) is 2.85. The van der Waals surface area contributed by atoms with Crippen LogP contribution in [0.5, 0.6) is 0 Å². The number of rotatable bonds is 2. The summed E-state index contributed by atoms with van der Waals surface area (Å²) >= 11 is 4.61. The zero-order valence-corrected chi connectivity index (χ0v) is 10.4. The van der Waals surface area contributed by atoms with Crippen LogP contribution in [0.15, 0.2) is 0 Å². The summed E-state index contributed by atoms with van der Waals surface area (Å²) in [7, 11) is 1.85. The smallest absolute Gasteiger partial charge is 0.0716 e. The van der Waals surface area contributed by atoms with E-state index in [0.29, 0.717) is 11.6 Å². The van der Waals surface area contributed by atoms with E-state index < -0.39 is 0 Å². The van der Waals surface area contributed by atoms with Crippen LogP contribution in [-0.4, -0.2) is 42.0 Å². The summed E-state index contributed by atoms with van der Waals surface area (Å²) < 4.78 is 5.55. The summed E-state index contributed by atoms with van der Waals surface area (Å²) in [5, 5.41) is 0. The molecule has 3 heteroatoms. The van der Waals surface area contributed by atoms with Crippen molar-refractivity contribution in [3.63, 3.8) is 0 Å². The minimum atomic E-state index is 0.388. The quantitative estimate of drug-likeness (QED) is 0.724. The number of methoxy groups -OCH3 is 1. The van der Waals surface area contributed by atoms with Crippen molar-refractivity contribution in [1.82, 2.24) is 4.90 Å². The molecule has 86 valence electrons. The number of thiol groups is 1. The lowest BCUT2D eigenvalue weighted by molar-refractivity contribution is 0.0992. The monoisotopic (exact) mass is 227 g/mol. The van der Waals surface area contributed by atoms with E-state index in [2.05, 4.69) is 17.5 Å². The number of hydrogen-bond acceptors (Lipinski definition) is 3. The van der Waals surface area contributed by atoms with E-state index in [9.17, 15) is 0 Å². The Hall–Kier alpha value is 0.270. The van der Waals surface area contributed by atoms with Gasteiger partial charge in [-0.05, 0) is 31.6 Å². The largest absolute Gasteiger partial charge is 0.380 e. The maximum absolute atomic E-state index is 5.55. The van der Waals surface area contributed by atoms with Gasteiger partial charge in [0.1, 0.15) is 0 Å². The van der Waals surface area contributed by atoms with Crippen molar-refractivity contribution in [2.24, 2.45) is 5.92 Å². The van der Waals surface area contributed by atoms with Gasteiger partial charge in [0, 0.05) is 31.0 Å². The number of hydrogen-bond donors (Lipinski definition) is 1. The van der Waals surface area contributed by atoms with Crippen molar-refractivity contribution in [2.75, 3.05) is 19.4 Å². The summed E-state index contributed by atoms with van der Waals surface area (Å²) in [5.74, 6) is 1.98. The van der Waals surface area contributed by atoms with Crippen LogP contribution in [0.25, 0.3) is 0 Å². The van der Waals surface area contributed by atoms with Crippen LogP contribution in [0.3, 0.4) is 0 Å². The third kappa shape index (κ3) is 1.39. The fraction of sp³-hybridized carbons (Fsp3) is 1.00. The maximum Gasteiger partial charge on any atom is 0.0716 e. The predicted molar refractivity (Wildman–Crippen MR) is 64.5 cm³/mol. The van der Waals surface area contributed by atoms with Gasteiger partial charge >= 0.3 is 0 Å². The molecule has 4 atom stereocenters.